The molecule has 1 heterocycles. The monoisotopic (exact) mass is 193 g/mol. The second-order valence-electron chi connectivity index (χ2n) is 3.21. The van der Waals surface area contributed by atoms with Gasteiger partial charge in [0, 0.05) is 19.2 Å². The summed E-state index contributed by atoms with van der Waals surface area (Å²) in [7, 11) is 0. The first-order chi connectivity index (χ1) is 6.70. The van der Waals surface area contributed by atoms with Gasteiger partial charge in [0.15, 0.2) is 0 Å². The van der Waals surface area contributed by atoms with Crippen molar-refractivity contribution in [3.8, 4) is 0 Å². The van der Waals surface area contributed by atoms with E-state index in [4.69, 9.17) is 9.90 Å². The second kappa shape index (κ2) is 5.27. The van der Waals surface area contributed by atoms with Crippen molar-refractivity contribution in [2.75, 3.05) is 11.9 Å². The number of nitrogens with one attached hydrogen (secondary N) is 1. The lowest BCUT2D eigenvalue weighted by atomic mass is 10.0. The fourth-order valence-electron chi connectivity index (χ4n) is 1.41. The summed E-state index contributed by atoms with van der Waals surface area (Å²) in [6.07, 6.45) is 2.51. The van der Waals surface area contributed by atoms with Crippen LogP contribution in [0.1, 0.15) is 18.9 Å². The molecule has 1 aliphatic rings. The normalized spacial score (nSPS) is 12.9. The number of anilines is 1. The highest BCUT2D eigenvalue weighted by molar-refractivity contribution is 5.62. The summed E-state index contributed by atoms with van der Waals surface area (Å²) in [6.45, 7) is 2.22. The first-order valence-corrected chi connectivity index (χ1v) is 4.71. The molecule has 14 heavy (non-hydrogen) atoms. The molecular formula is C11H15NO2. The van der Waals surface area contributed by atoms with E-state index >= 15 is 0 Å². The molecule has 3 nitrogen and oxygen atoms in total. The van der Waals surface area contributed by atoms with Gasteiger partial charge in [-0.1, -0.05) is 18.2 Å². The van der Waals surface area contributed by atoms with Crippen LogP contribution in [0.5, 0.6) is 0 Å². The third kappa shape index (κ3) is 3.47. The molecule has 0 amide bonds. The van der Waals surface area contributed by atoms with Crippen LogP contribution in [0.3, 0.4) is 0 Å². The Hall–Kier alpha value is -1.51. The minimum absolute atomic E-state index is 0.833. The number of hydrogen-bond acceptors (Lipinski definition) is 2. The molecule has 0 fully saturated rings. The van der Waals surface area contributed by atoms with Crippen LogP contribution in [0.4, 0.5) is 5.69 Å². The Labute approximate surface area is 83.8 Å². The minimum atomic E-state index is -0.833. The van der Waals surface area contributed by atoms with E-state index in [9.17, 15) is 0 Å². The topological polar surface area (TPSA) is 49.3 Å². The van der Waals surface area contributed by atoms with Crippen LogP contribution in [0, 0.1) is 0 Å². The van der Waals surface area contributed by atoms with Gasteiger partial charge in [-0.25, -0.2) is 0 Å². The largest absolute Gasteiger partial charge is 0.481 e. The maximum Gasteiger partial charge on any atom is 0.300 e. The molecule has 0 aromatic heterocycles. The molecule has 0 atom stereocenters. The Morgan fingerprint density at radius 3 is 2.71 bits per heavy atom. The van der Waals surface area contributed by atoms with Crippen LogP contribution in [0.2, 0.25) is 0 Å². The molecule has 2 rings (SSSR count). The summed E-state index contributed by atoms with van der Waals surface area (Å²) in [5.41, 5.74) is 2.79. The van der Waals surface area contributed by atoms with Crippen LogP contribution in [0.25, 0.3) is 0 Å². The zero-order chi connectivity index (χ0) is 10.4. The number of para-hydroxylation sites is 1. The fourth-order valence-corrected chi connectivity index (χ4v) is 1.41. The highest BCUT2D eigenvalue weighted by Gasteiger charge is 2.04. The van der Waals surface area contributed by atoms with Crippen molar-refractivity contribution in [3.05, 3.63) is 29.8 Å². The summed E-state index contributed by atoms with van der Waals surface area (Å²) in [6, 6.07) is 8.53. The zero-order valence-corrected chi connectivity index (χ0v) is 8.29. The maximum atomic E-state index is 9.00. The van der Waals surface area contributed by atoms with Gasteiger partial charge in [-0.2, -0.15) is 0 Å². The summed E-state index contributed by atoms with van der Waals surface area (Å²) in [5, 5.41) is 10.8. The first kappa shape index (κ1) is 10.6. The van der Waals surface area contributed by atoms with Gasteiger partial charge in [0.1, 0.15) is 0 Å². The van der Waals surface area contributed by atoms with Crippen LogP contribution in [-0.4, -0.2) is 17.6 Å². The summed E-state index contributed by atoms with van der Waals surface area (Å²) in [5.74, 6) is -0.833. The second-order valence-corrected chi connectivity index (χ2v) is 3.21. The van der Waals surface area contributed by atoms with E-state index in [1.54, 1.807) is 0 Å². The third-order valence-electron chi connectivity index (χ3n) is 1.96. The van der Waals surface area contributed by atoms with E-state index in [0.29, 0.717) is 0 Å². The number of aryl methyl sites for hydroxylation is 1. The van der Waals surface area contributed by atoms with E-state index < -0.39 is 5.97 Å². The summed E-state index contributed by atoms with van der Waals surface area (Å²) >= 11 is 0. The Morgan fingerprint density at radius 2 is 2.07 bits per heavy atom. The van der Waals surface area contributed by atoms with Crippen molar-refractivity contribution in [2.45, 2.75) is 19.8 Å². The van der Waals surface area contributed by atoms with Crippen molar-refractivity contribution in [1.82, 2.24) is 0 Å². The number of carbonyl (C=O) groups is 1. The maximum absolute atomic E-state index is 9.00. The fraction of sp³-hybridized carbons (Fsp3) is 0.364. The van der Waals surface area contributed by atoms with Crippen LogP contribution in [0.15, 0.2) is 24.3 Å². The van der Waals surface area contributed by atoms with Gasteiger partial charge in [0.25, 0.3) is 5.97 Å². The van der Waals surface area contributed by atoms with Gasteiger partial charge >= 0.3 is 0 Å². The van der Waals surface area contributed by atoms with E-state index in [0.717, 1.165) is 13.5 Å². The molecule has 0 saturated heterocycles. The van der Waals surface area contributed by atoms with Crippen molar-refractivity contribution < 1.29 is 9.90 Å². The lowest BCUT2D eigenvalue weighted by molar-refractivity contribution is -0.134. The number of fused-ring (bicyclic) bond motifs is 1. The molecular weight excluding hydrogens is 178 g/mol. The predicted octanol–water partition coefficient (Wildman–Crippen LogP) is 2.14. The minimum Gasteiger partial charge on any atom is -0.481 e. The molecule has 1 aromatic carbocycles. The number of aliphatic carboxylic acids is 1. The molecule has 0 saturated carbocycles. The molecule has 76 valence electrons. The lowest BCUT2D eigenvalue weighted by Crippen LogP contribution is -2.10. The smallest absolute Gasteiger partial charge is 0.300 e. The van der Waals surface area contributed by atoms with Crippen molar-refractivity contribution >= 4 is 11.7 Å². The molecule has 0 aliphatic carbocycles. The number of carboxylic acid groups (broad SMARTS) is 1. The average molecular weight is 193 g/mol. The highest BCUT2D eigenvalue weighted by atomic mass is 16.4. The van der Waals surface area contributed by atoms with Gasteiger partial charge < -0.3 is 10.4 Å². The lowest BCUT2D eigenvalue weighted by Gasteiger charge is -2.16. The Kier molecular flexibility index (Phi) is 3.98. The molecule has 2 N–H and O–H groups in total. The number of carboxylic acids is 1. The third-order valence-corrected chi connectivity index (χ3v) is 1.96. The van der Waals surface area contributed by atoms with E-state index in [-0.39, 0.29) is 0 Å². The molecule has 0 radical (unpaired) electrons. The zero-order valence-electron chi connectivity index (χ0n) is 8.29. The van der Waals surface area contributed by atoms with E-state index in [1.165, 1.54) is 24.1 Å². The van der Waals surface area contributed by atoms with Gasteiger partial charge in [-0.05, 0) is 24.5 Å². The first-order valence-electron chi connectivity index (χ1n) is 4.71. The quantitative estimate of drug-likeness (QED) is 0.663. The summed E-state index contributed by atoms with van der Waals surface area (Å²) in [4.78, 5) is 9.00. The van der Waals surface area contributed by atoms with Crippen LogP contribution in [-0.2, 0) is 11.2 Å². The Balaban J connectivity index is 0.000000213. The van der Waals surface area contributed by atoms with Crippen molar-refractivity contribution in [1.29, 1.82) is 0 Å². The number of benzene rings is 1. The average Bonchev–Trinajstić information content (AvgIpc) is 2.17. The standard InChI is InChI=1S/C9H11N.C2H4O2/c1-2-6-9-8(4-1)5-3-7-10-9;1-2(3)4/h1-2,4,6,10H,3,5,7H2;1H3,(H,3,4). The SMILES string of the molecule is CC(=O)O.c1ccc2c(c1)CCCN2. The molecule has 0 unspecified atom stereocenters. The van der Waals surface area contributed by atoms with E-state index in [1.807, 2.05) is 0 Å². The van der Waals surface area contributed by atoms with Crippen LogP contribution >= 0.6 is 0 Å². The van der Waals surface area contributed by atoms with Gasteiger partial charge in [0.05, 0.1) is 0 Å². The van der Waals surface area contributed by atoms with Crippen molar-refractivity contribution in [2.24, 2.45) is 0 Å². The van der Waals surface area contributed by atoms with E-state index in [2.05, 4.69) is 29.6 Å². The highest BCUT2D eigenvalue weighted by Crippen LogP contribution is 2.19. The van der Waals surface area contributed by atoms with Gasteiger partial charge in [-0.15, -0.1) is 0 Å². The van der Waals surface area contributed by atoms with Gasteiger partial charge in [0.2, 0.25) is 0 Å². The molecule has 3 heteroatoms. The molecule has 0 spiro atoms. The van der Waals surface area contributed by atoms with Crippen LogP contribution < -0.4 is 5.32 Å². The van der Waals surface area contributed by atoms with Gasteiger partial charge in [-0.3, -0.25) is 4.79 Å². The molecule has 1 aromatic rings. The Morgan fingerprint density at radius 1 is 1.43 bits per heavy atom. The van der Waals surface area contributed by atoms with Crippen molar-refractivity contribution in [3.63, 3.8) is 0 Å². The number of rotatable bonds is 0. The number of hydrogen-bond donors (Lipinski definition) is 2. The predicted molar refractivity (Wildman–Crippen MR) is 56.6 cm³/mol. The molecule has 1 aliphatic heterocycles. The molecule has 0 bridgehead atoms. The summed E-state index contributed by atoms with van der Waals surface area (Å²) < 4.78 is 0. The Bertz CT molecular complexity index is 281.